The first-order valence-corrected chi connectivity index (χ1v) is 16.2. The van der Waals surface area contributed by atoms with Crippen LogP contribution in [-0.2, 0) is 10.0 Å². The molecule has 46 heavy (non-hydrogen) atoms. The summed E-state index contributed by atoms with van der Waals surface area (Å²) in [6.45, 7) is 11.2. The third-order valence-electron chi connectivity index (χ3n) is 8.12. The van der Waals surface area contributed by atoms with Crippen LogP contribution in [0.5, 0.6) is 0 Å². The molecule has 3 aromatic heterocycles. The Balaban J connectivity index is 1.37. The molecule has 0 aliphatic heterocycles. The van der Waals surface area contributed by atoms with Crippen molar-refractivity contribution in [2.45, 2.75) is 56.5 Å². The molecule has 0 bridgehead atoms. The minimum Gasteiger partial charge on any atom is -0.365 e. The minimum atomic E-state index is -4.26. The van der Waals surface area contributed by atoms with E-state index in [-0.39, 0.29) is 56.6 Å². The predicted molar refractivity (Wildman–Crippen MR) is 171 cm³/mol. The minimum absolute atomic E-state index is 0.0163. The number of nitrogens with zero attached hydrogens (tertiary/aromatic N) is 4. The predicted octanol–water partition coefficient (Wildman–Crippen LogP) is 6.93. The summed E-state index contributed by atoms with van der Waals surface area (Å²) in [4.78, 5) is 24.7. The van der Waals surface area contributed by atoms with E-state index in [0.717, 1.165) is 28.4 Å². The number of rotatable bonds is 7. The summed E-state index contributed by atoms with van der Waals surface area (Å²) in [6, 6.07) is 14.8. The Morgan fingerprint density at radius 3 is 2.48 bits per heavy atom. The fourth-order valence-corrected chi connectivity index (χ4v) is 7.26. The van der Waals surface area contributed by atoms with Crippen LogP contribution >= 0.6 is 0 Å². The third-order valence-corrected chi connectivity index (χ3v) is 9.80. The normalized spacial score (nSPS) is 16.6. The van der Waals surface area contributed by atoms with Crippen LogP contribution in [0.3, 0.4) is 0 Å². The Hall–Kier alpha value is -5.15. The van der Waals surface area contributed by atoms with Gasteiger partial charge >= 0.3 is 0 Å². The number of carbonyl (C=O) groups is 1. The molecule has 2 aromatic carbocycles. The van der Waals surface area contributed by atoms with Gasteiger partial charge in [-0.1, -0.05) is 23.8 Å². The average Bonchev–Trinajstić information content (AvgIpc) is 3.43. The second-order valence-corrected chi connectivity index (χ2v) is 13.3. The molecule has 1 aliphatic carbocycles. The van der Waals surface area contributed by atoms with E-state index in [1.165, 1.54) is 24.4 Å². The summed E-state index contributed by atoms with van der Waals surface area (Å²) in [5, 5.41) is 6.35. The van der Waals surface area contributed by atoms with Gasteiger partial charge in [0, 0.05) is 35.4 Å². The molecule has 1 fully saturated rings. The molecule has 1 saturated carbocycles. The van der Waals surface area contributed by atoms with Gasteiger partial charge in [0.15, 0.2) is 11.6 Å². The van der Waals surface area contributed by atoms with Crippen molar-refractivity contribution in [3.05, 3.63) is 113 Å². The fourth-order valence-electron chi connectivity index (χ4n) is 5.88. The van der Waals surface area contributed by atoms with Crippen LogP contribution in [0.2, 0.25) is 0 Å². The number of amides is 1. The maximum Gasteiger partial charge on any atom is 0.270 e. The van der Waals surface area contributed by atoms with Gasteiger partial charge in [0.2, 0.25) is 5.69 Å². The number of benzene rings is 2. The maximum absolute atomic E-state index is 15.5. The van der Waals surface area contributed by atoms with Gasteiger partial charge in [-0.3, -0.25) is 9.78 Å². The summed E-state index contributed by atoms with van der Waals surface area (Å²) in [7, 11) is -4.26. The van der Waals surface area contributed by atoms with Crippen LogP contribution in [0, 0.1) is 32.1 Å². The van der Waals surface area contributed by atoms with E-state index < -0.39 is 21.7 Å². The first-order valence-electron chi connectivity index (χ1n) is 14.8. The van der Waals surface area contributed by atoms with Gasteiger partial charge in [0.25, 0.3) is 15.9 Å². The van der Waals surface area contributed by atoms with Crippen molar-refractivity contribution >= 4 is 38.3 Å². The van der Waals surface area contributed by atoms with Crippen molar-refractivity contribution in [3.63, 3.8) is 0 Å². The van der Waals surface area contributed by atoms with E-state index in [9.17, 15) is 13.2 Å². The van der Waals surface area contributed by atoms with E-state index in [0.29, 0.717) is 24.1 Å². The number of pyridine rings is 2. The zero-order chi connectivity index (χ0) is 32.6. The van der Waals surface area contributed by atoms with Gasteiger partial charge in [-0.2, -0.15) is 0 Å². The SMILES string of the molecule is [C-]#[N+]c1cc(F)c(N[C@H]2CCC[C@@H](NC(=O)c3ccccn3)C2)nc1-c1cn(S(=O)(=O)c2ccc(C)cc2)c2c(F)cc(C)cc12. The highest BCUT2D eigenvalue weighted by atomic mass is 32.2. The fraction of sp³-hybridized carbons (Fsp3) is 0.235. The van der Waals surface area contributed by atoms with Crippen molar-refractivity contribution in [3.8, 4) is 11.3 Å². The lowest BCUT2D eigenvalue weighted by Gasteiger charge is -2.30. The Morgan fingerprint density at radius 2 is 1.76 bits per heavy atom. The first kappa shape index (κ1) is 30.9. The van der Waals surface area contributed by atoms with Crippen molar-refractivity contribution in [2.24, 2.45) is 0 Å². The van der Waals surface area contributed by atoms with Gasteiger partial charge in [-0.05, 0) is 87.6 Å². The number of hydrogen-bond donors (Lipinski definition) is 2. The molecule has 2 atom stereocenters. The molecule has 3 heterocycles. The standard InChI is InChI=1S/C34H30F2N6O3S/c1-20-10-12-24(13-11-20)46(44,45)42-19-26(25-15-21(2)16-27(35)32(25)42)31-30(37-3)18-28(36)33(41-31)39-22-7-6-8-23(17-22)40-34(43)29-9-4-5-14-38-29/h4-5,9-16,18-19,22-23H,6-8,17H2,1-2H3,(H,39,41)(H,40,43)/t22-,23+/m0/s1. The highest BCUT2D eigenvalue weighted by molar-refractivity contribution is 7.90. The summed E-state index contributed by atoms with van der Waals surface area (Å²) in [5.74, 6) is -1.94. The molecule has 6 rings (SSSR count). The molecule has 0 radical (unpaired) electrons. The molecular weight excluding hydrogens is 610 g/mol. The lowest BCUT2D eigenvalue weighted by atomic mass is 9.90. The van der Waals surface area contributed by atoms with Gasteiger partial charge in [-0.25, -0.2) is 31.0 Å². The Bertz CT molecular complexity index is 2110. The van der Waals surface area contributed by atoms with Crippen LogP contribution < -0.4 is 10.6 Å². The van der Waals surface area contributed by atoms with Crippen molar-refractivity contribution in [1.82, 2.24) is 19.3 Å². The van der Waals surface area contributed by atoms with Crippen molar-refractivity contribution in [1.29, 1.82) is 0 Å². The summed E-state index contributed by atoms with van der Waals surface area (Å²) in [6.07, 6.45) is 5.49. The number of nitrogens with one attached hydrogen (secondary N) is 2. The van der Waals surface area contributed by atoms with E-state index in [2.05, 4.69) is 25.4 Å². The average molecular weight is 641 g/mol. The van der Waals surface area contributed by atoms with Crippen LogP contribution in [0.1, 0.15) is 47.3 Å². The molecule has 0 unspecified atom stereocenters. The van der Waals surface area contributed by atoms with Crippen molar-refractivity contribution in [2.75, 3.05) is 5.32 Å². The second kappa shape index (κ2) is 12.3. The molecular formula is C34H30F2N6O3S. The van der Waals surface area contributed by atoms with E-state index in [1.54, 1.807) is 49.5 Å². The Kier molecular flexibility index (Phi) is 8.27. The topological polar surface area (TPSA) is 110 Å². The molecule has 1 amide bonds. The maximum atomic E-state index is 15.5. The second-order valence-electron chi connectivity index (χ2n) is 11.5. The summed E-state index contributed by atoms with van der Waals surface area (Å²) >= 11 is 0. The number of carbonyl (C=O) groups excluding carboxylic acids is 1. The van der Waals surface area contributed by atoms with Crippen molar-refractivity contribution < 1.29 is 22.0 Å². The highest BCUT2D eigenvalue weighted by Crippen LogP contribution is 2.40. The number of hydrogen-bond acceptors (Lipinski definition) is 6. The van der Waals surface area contributed by atoms with E-state index in [1.807, 2.05) is 6.92 Å². The van der Waals surface area contributed by atoms with Crippen LogP contribution in [0.25, 0.3) is 27.0 Å². The molecule has 0 spiro atoms. The highest BCUT2D eigenvalue weighted by Gasteiger charge is 2.28. The lowest BCUT2D eigenvalue weighted by molar-refractivity contribution is 0.0921. The Morgan fingerprint density at radius 1 is 1.00 bits per heavy atom. The zero-order valence-electron chi connectivity index (χ0n) is 25.1. The first-order chi connectivity index (χ1) is 22.0. The molecule has 2 N–H and O–H groups in total. The number of aromatic nitrogens is 3. The van der Waals surface area contributed by atoms with Gasteiger partial charge in [-0.15, -0.1) is 0 Å². The number of halogens is 2. The smallest absolute Gasteiger partial charge is 0.270 e. The molecule has 5 aromatic rings. The van der Waals surface area contributed by atoms with Crippen LogP contribution in [0.4, 0.5) is 20.3 Å². The largest absolute Gasteiger partial charge is 0.365 e. The summed E-state index contributed by atoms with van der Waals surface area (Å²) < 4.78 is 59.4. The van der Waals surface area contributed by atoms with E-state index in [4.69, 9.17) is 6.57 Å². The zero-order valence-corrected chi connectivity index (χ0v) is 25.9. The lowest BCUT2D eigenvalue weighted by Crippen LogP contribution is -2.42. The number of fused-ring (bicyclic) bond motifs is 1. The molecule has 1 aliphatic rings. The Labute approximate surface area is 265 Å². The number of anilines is 1. The monoisotopic (exact) mass is 640 g/mol. The number of aryl methyl sites for hydroxylation is 2. The van der Waals surface area contributed by atoms with E-state index >= 15 is 8.78 Å². The summed E-state index contributed by atoms with van der Waals surface area (Å²) in [5.41, 5.74) is 1.53. The van der Waals surface area contributed by atoms with Gasteiger partial charge in [0.1, 0.15) is 17.0 Å². The van der Waals surface area contributed by atoms with Gasteiger partial charge < -0.3 is 10.6 Å². The third kappa shape index (κ3) is 5.93. The molecule has 9 nitrogen and oxygen atoms in total. The van der Waals surface area contributed by atoms with Gasteiger partial charge in [0.05, 0.1) is 17.2 Å². The van der Waals surface area contributed by atoms with Crippen LogP contribution in [0.15, 0.2) is 78.0 Å². The molecule has 0 saturated heterocycles. The van der Waals surface area contributed by atoms with Crippen LogP contribution in [-0.4, -0.2) is 40.3 Å². The molecule has 12 heteroatoms. The molecule has 234 valence electrons. The quantitative estimate of drug-likeness (QED) is 0.187.